The van der Waals surface area contributed by atoms with E-state index in [1.807, 2.05) is 0 Å². The maximum absolute atomic E-state index is 12.8. The topological polar surface area (TPSA) is 201 Å². The van der Waals surface area contributed by atoms with E-state index in [2.05, 4.69) is 30.7 Å². The van der Waals surface area contributed by atoms with Crippen molar-refractivity contribution >= 4 is 23.3 Å². The molecule has 16 nitrogen and oxygen atoms in total. The van der Waals surface area contributed by atoms with E-state index in [1.54, 1.807) is 30.3 Å². The molecule has 0 unspecified atom stereocenters. The monoisotopic (exact) mass is 835 g/mol. The van der Waals surface area contributed by atoms with Crippen LogP contribution in [-0.2, 0) is 33.2 Å². The number of alkyl halides is 3. The molecule has 1 aromatic heterocycles. The Morgan fingerprint density at radius 3 is 1.83 bits per heavy atom. The van der Waals surface area contributed by atoms with Gasteiger partial charge >= 0.3 is 6.36 Å². The number of anilines is 2. The van der Waals surface area contributed by atoms with Gasteiger partial charge in [-0.3, -0.25) is 9.59 Å². The lowest BCUT2D eigenvalue weighted by atomic mass is 9.84. The van der Waals surface area contributed by atoms with E-state index in [9.17, 15) is 33.0 Å². The fourth-order valence-electron chi connectivity index (χ4n) is 6.81. The summed E-state index contributed by atoms with van der Waals surface area (Å²) in [5.74, 6) is -0.692. The molecule has 2 fully saturated rings. The summed E-state index contributed by atoms with van der Waals surface area (Å²) in [5, 5.41) is 28.6. The third kappa shape index (κ3) is 15.6. The van der Waals surface area contributed by atoms with Crippen LogP contribution in [0.5, 0.6) is 5.75 Å². The number of benzene rings is 2. The molecule has 5 rings (SSSR count). The number of aliphatic hydroxyl groups is 2. The molecule has 0 spiro atoms. The second kappa shape index (κ2) is 24.0. The second-order valence-corrected chi connectivity index (χ2v) is 13.8. The normalized spacial score (nSPS) is 19.8. The molecule has 0 saturated heterocycles. The third-order valence-corrected chi connectivity index (χ3v) is 9.64. The Hall–Kier alpha value is -4.47. The molecule has 0 radical (unpaired) electrons. The molecule has 2 bridgehead atoms. The lowest BCUT2D eigenvalue weighted by molar-refractivity contribution is -0.274. The Morgan fingerprint density at radius 1 is 0.695 bits per heavy atom. The summed E-state index contributed by atoms with van der Waals surface area (Å²) in [6.45, 7) is 5.34. The molecule has 2 aromatic carbocycles. The van der Waals surface area contributed by atoms with Crippen molar-refractivity contribution in [2.75, 3.05) is 97.7 Å². The summed E-state index contributed by atoms with van der Waals surface area (Å²) in [7, 11) is 0. The fraction of sp³-hybridized carbons (Fsp3) is 0.550. The standard InChI is InChI=1S/C40H52F3N5O11/c41-40(42,43)59-31-6-4-30(5-7-31)48-35-25-34(46-26-47-35)27-2-1-3-28(22-27)38(51)44-8-10-53-12-14-55-16-18-57-20-21-58-19-17-56-15-13-54-11-9-45-39(52)33-24-29-23-32(33)37(50)36(29)49/h1-7,22,25-26,29,32-33,36-37,49-50H,8-21,23-24H2,(H,44,51)(H,45,52)(H,46,47,48)/t29-,32+,33-,36-,37+/m1/s1. The van der Waals surface area contributed by atoms with Gasteiger partial charge in [0, 0.05) is 41.9 Å². The quantitative estimate of drug-likeness (QED) is 0.0702. The van der Waals surface area contributed by atoms with Gasteiger partial charge in [-0.1, -0.05) is 12.1 Å². The van der Waals surface area contributed by atoms with Crippen molar-refractivity contribution in [3.8, 4) is 17.0 Å². The maximum Gasteiger partial charge on any atom is 0.573 e. The molecule has 1 heterocycles. The van der Waals surface area contributed by atoms with Crippen molar-refractivity contribution in [1.82, 2.24) is 20.6 Å². The van der Waals surface area contributed by atoms with E-state index in [0.717, 1.165) is 0 Å². The number of hydrogen-bond donors (Lipinski definition) is 5. The highest BCUT2D eigenvalue weighted by molar-refractivity contribution is 5.95. The average molecular weight is 836 g/mol. The summed E-state index contributed by atoms with van der Waals surface area (Å²) in [6.07, 6.45) is -3.62. The number of carbonyl (C=O) groups excluding carboxylic acids is 2. The highest BCUT2D eigenvalue weighted by Crippen LogP contribution is 2.48. The number of halogens is 3. The van der Waals surface area contributed by atoms with Gasteiger partial charge in [-0.25, -0.2) is 9.97 Å². The molecule has 2 amide bonds. The van der Waals surface area contributed by atoms with Crippen LogP contribution >= 0.6 is 0 Å². The number of nitrogens with one attached hydrogen (secondary N) is 3. The Labute approximate surface area is 340 Å². The Morgan fingerprint density at radius 2 is 1.27 bits per heavy atom. The van der Waals surface area contributed by atoms with Crippen LogP contribution < -0.4 is 20.7 Å². The predicted molar refractivity (Wildman–Crippen MR) is 206 cm³/mol. The highest BCUT2D eigenvalue weighted by atomic mass is 19.4. The highest BCUT2D eigenvalue weighted by Gasteiger charge is 2.53. The largest absolute Gasteiger partial charge is 0.573 e. The van der Waals surface area contributed by atoms with E-state index < -0.39 is 18.6 Å². The number of hydrogen-bond acceptors (Lipinski definition) is 14. The second-order valence-electron chi connectivity index (χ2n) is 13.8. The molecule has 5 atom stereocenters. The molecule has 0 aliphatic heterocycles. The zero-order valence-electron chi connectivity index (χ0n) is 32.6. The van der Waals surface area contributed by atoms with Crippen molar-refractivity contribution in [3.63, 3.8) is 0 Å². The molecule has 324 valence electrons. The maximum atomic E-state index is 12.8. The third-order valence-electron chi connectivity index (χ3n) is 9.64. The van der Waals surface area contributed by atoms with E-state index >= 15 is 0 Å². The zero-order valence-corrected chi connectivity index (χ0v) is 32.6. The van der Waals surface area contributed by atoms with Crippen LogP contribution in [-0.4, -0.2) is 143 Å². The molecule has 59 heavy (non-hydrogen) atoms. The number of amides is 2. The molecule has 2 aliphatic carbocycles. The number of nitrogens with zero attached hydrogens (tertiary/aromatic N) is 2. The lowest BCUT2D eigenvalue weighted by Crippen LogP contribution is -2.43. The summed E-state index contributed by atoms with van der Waals surface area (Å²) in [6, 6.07) is 13.8. The summed E-state index contributed by atoms with van der Waals surface area (Å²) in [5.41, 5.74) is 2.12. The predicted octanol–water partition coefficient (Wildman–Crippen LogP) is 3.11. The van der Waals surface area contributed by atoms with Crippen molar-refractivity contribution in [1.29, 1.82) is 0 Å². The Balaban J connectivity index is 0.795. The van der Waals surface area contributed by atoms with E-state index in [1.165, 1.54) is 30.6 Å². The van der Waals surface area contributed by atoms with Crippen LogP contribution in [0.4, 0.5) is 24.7 Å². The zero-order chi connectivity index (χ0) is 41.9. The first-order valence-electron chi connectivity index (χ1n) is 19.5. The summed E-state index contributed by atoms with van der Waals surface area (Å²) < 4.78 is 74.2. The van der Waals surface area contributed by atoms with Gasteiger partial charge in [-0.15, -0.1) is 13.2 Å². The van der Waals surface area contributed by atoms with Crippen molar-refractivity contribution in [2.24, 2.45) is 17.8 Å². The molecular formula is C40H52F3N5O11. The van der Waals surface area contributed by atoms with Gasteiger partial charge in [0.15, 0.2) is 0 Å². The fourth-order valence-corrected chi connectivity index (χ4v) is 6.81. The Bertz CT molecular complexity index is 1720. The summed E-state index contributed by atoms with van der Waals surface area (Å²) >= 11 is 0. The van der Waals surface area contributed by atoms with E-state index in [4.69, 9.17) is 28.4 Å². The summed E-state index contributed by atoms with van der Waals surface area (Å²) in [4.78, 5) is 33.6. The minimum atomic E-state index is -4.77. The number of fused-ring (bicyclic) bond motifs is 2. The van der Waals surface area contributed by atoms with Crippen LogP contribution in [0, 0.1) is 17.8 Å². The number of aliphatic hydroxyl groups excluding tert-OH is 2. The number of rotatable bonds is 27. The van der Waals surface area contributed by atoms with E-state index in [-0.39, 0.29) is 35.3 Å². The first kappa shape index (κ1) is 45.6. The first-order chi connectivity index (χ1) is 28.6. The molecule has 2 aliphatic rings. The molecule has 3 aromatic rings. The smallest absolute Gasteiger partial charge is 0.406 e. The minimum Gasteiger partial charge on any atom is -0.406 e. The Kier molecular flexibility index (Phi) is 18.5. The van der Waals surface area contributed by atoms with Gasteiger partial charge < -0.3 is 59.3 Å². The van der Waals surface area contributed by atoms with E-state index in [0.29, 0.717) is 134 Å². The van der Waals surface area contributed by atoms with Gasteiger partial charge in [0.2, 0.25) is 5.91 Å². The number of carbonyl (C=O) groups is 2. The minimum absolute atomic E-state index is 0.0133. The van der Waals surface area contributed by atoms with Crippen molar-refractivity contribution in [2.45, 2.75) is 31.4 Å². The average Bonchev–Trinajstić information content (AvgIpc) is 3.79. The first-order valence-corrected chi connectivity index (χ1v) is 19.5. The van der Waals surface area contributed by atoms with Gasteiger partial charge in [-0.2, -0.15) is 0 Å². The van der Waals surface area contributed by atoms with Crippen LogP contribution in [0.2, 0.25) is 0 Å². The van der Waals surface area contributed by atoms with Crippen LogP contribution in [0.15, 0.2) is 60.9 Å². The SMILES string of the molecule is O=C(NCCOCCOCCOCCOCCOCCOCCNC(=O)[C@@H]1C[C@H]2C[C@@H]1[C@H](O)[C@@H]2O)c1cccc(-c2cc(Nc3ccc(OC(F)(F)F)cc3)ncn2)c1. The van der Waals surface area contributed by atoms with Crippen LogP contribution in [0.25, 0.3) is 11.3 Å². The van der Waals surface area contributed by atoms with Crippen LogP contribution in [0.1, 0.15) is 23.2 Å². The number of ether oxygens (including phenoxy) is 7. The molecule has 2 saturated carbocycles. The van der Waals surface area contributed by atoms with Crippen molar-refractivity contribution in [3.05, 3.63) is 66.5 Å². The molecule has 19 heteroatoms. The van der Waals surface area contributed by atoms with Crippen molar-refractivity contribution < 1.29 is 66.1 Å². The molecular weight excluding hydrogens is 783 g/mol. The van der Waals surface area contributed by atoms with Gasteiger partial charge in [0.05, 0.1) is 97.2 Å². The lowest BCUT2D eigenvalue weighted by Gasteiger charge is -2.28. The van der Waals surface area contributed by atoms with Gasteiger partial charge in [-0.05, 0) is 61.1 Å². The van der Waals surface area contributed by atoms with Crippen LogP contribution in [0.3, 0.4) is 0 Å². The number of aromatic nitrogens is 2. The van der Waals surface area contributed by atoms with Gasteiger partial charge in [0.25, 0.3) is 5.91 Å². The molecule has 5 N–H and O–H groups in total. The van der Waals surface area contributed by atoms with Gasteiger partial charge in [0.1, 0.15) is 17.9 Å².